The van der Waals surface area contributed by atoms with Crippen molar-refractivity contribution in [3.8, 4) is 0 Å². The normalized spacial score (nSPS) is 21.9. The van der Waals surface area contributed by atoms with Crippen molar-refractivity contribution in [2.24, 2.45) is 5.73 Å². The Kier molecular flexibility index (Phi) is 3.11. The molecule has 1 aliphatic heterocycles. The summed E-state index contributed by atoms with van der Waals surface area (Å²) in [5, 5.41) is 0. The minimum Gasteiger partial charge on any atom is -0.366 e. The van der Waals surface area contributed by atoms with Gasteiger partial charge in [0.15, 0.2) is 0 Å². The molecule has 1 aromatic rings. The molecule has 0 bridgehead atoms. The molecule has 1 heterocycles. The Morgan fingerprint density at radius 3 is 2.50 bits per heavy atom. The van der Waals surface area contributed by atoms with Gasteiger partial charge in [-0.2, -0.15) is 8.40 Å². The van der Waals surface area contributed by atoms with Gasteiger partial charge in [-0.1, -0.05) is 0 Å². The number of carbonyl (C=O) groups is 3. The van der Waals surface area contributed by atoms with Gasteiger partial charge >= 0.3 is 0 Å². The van der Waals surface area contributed by atoms with Crippen LogP contribution in [0, 0.1) is 0 Å². The number of nitrogens with two attached hydrogens (primary N) is 1. The van der Waals surface area contributed by atoms with Crippen molar-refractivity contribution >= 4 is 39.4 Å². The Morgan fingerprint density at radius 1 is 1.44 bits per heavy atom. The van der Waals surface area contributed by atoms with Crippen LogP contribution in [0.1, 0.15) is 16.8 Å². The first-order chi connectivity index (χ1) is 8.91. The maximum Gasteiger partial charge on any atom is 0.248 e. The summed E-state index contributed by atoms with van der Waals surface area (Å²) in [6.45, 7) is 0. The number of imide groups is 1. The molecular formula is C11H10BN2O3P. The number of rotatable bonds is 3. The van der Waals surface area contributed by atoms with Gasteiger partial charge in [0.05, 0.1) is 11.3 Å². The van der Waals surface area contributed by atoms with Crippen LogP contribution in [0.3, 0.4) is 0 Å². The molecule has 1 fully saturated rings. The summed E-state index contributed by atoms with van der Waals surface area (Å²) in [4.78, 5) is 35.8. The monoisotopic (exact) mass is 261 g/mol. The first-order valence-corrected chi connectivity index (χ1v) is 6.24. The van der Waals surface area contributed by atoms with Crippen molar-refractivity contribution in [3.05, 3.63) is 29.8 Å². The van der Waals surface area contributed by atoms with Gasteiger partial charge in [-0.25, -0.2) is 0 Å². The van der Waals surface area contributed by atoms with Crippen LogP contribution in [0.4, 0.5) is 5.69 Å². The Balaban J connectivity index is 2.29. The van der Waals surface area contributed by atoms with Gasteiger partial charge in [0.25, 0.3) is 0 Å². The summed E-state index contributed by atoms with van der Waals surface area (Å²) in [7, 11) is 3.69. The fourth-order valence-corrected chi connectivity index (χ4v) is 2.28. The van der Waals surface area contributed by atoms with Gasteiger partial charge in [-0.15, -0.1) is 0 Å². The van der Waals surface area contributed by atoms with E-state index in [2.05, 4.69) is 0 Å². The first kappa shape index (κ1) is 11.4. The number of amides is 3. The number of hydrogen-bond acceptors (Lipinski definition) is 3. The van der Waals surface area contributed by atoms with Crippen molar-refractivity contribution < 1.29 is 14.4 Å². The van der Waals surface area contributed by atoms with Crippen LogP contribution in [0.25, 0.3) is 0 Å². The number of hydrogen-bond donors (Lipinski definition) is 1. The van der Waals surface area contributed by atoms with Gasteiger partial charge < -0.3 is 5.73 Å². The molecule has 0 saturated carbocycles. The zero-order valence-electron chi connectivity index (χ0n) is 10.4. The lowest BCUT2D eigenvalue weighted by molar-refractivity contribution is -0.121. The molecule has 2 N–H and O–H groups in total. The number of carbonyl (C=O) groups excluding carboxylic acids is 3. The smallest absolute Gasteiger partial charge is 0.248 e. The maximum atomic E-state index is 12.0. The summed E-state index contributed by atoms with van der Waals surface area (Å²) in [5.41, 5.74) is 5.01. The van der Waals surface area contributed by atoms with Gasteiger partial charge in [-0.3, -0.25) is 19.3 Å². The molecule has 3 amide bonds. The molecule has 2 atom stereocenters. The second-order valence-electron chi connectivity index (χ2n) is 3.85. The Hall–Kier alpha value is -1.68. The van der Waals surface area contributed by atoms with E-state index >= 15 is 0 Å². The van der Waals surface area contributed by atoms with E-state index in [9.17, 15) is 14.4 Å². The topological polar surface area (TPSA) is 80.5 Å². The van der Waals surface area contributed by atoms with E-state index in [0.717, 1.165) is 4.90 Å². The molecule has 18 heavy (non-hydrogen) atoms. The molecule has 5 nitrogen and oxygen atoms in total. The highest BCUT2D eigenvalue weighted by Gasteiger charge is 2.38. The molecule has 2 unspecified atom stereocenters. The summed E-state index contributed by atoms with van der Waals surface area (Å²) in [6.07, 6.45) is -0.0396. The average molecular weight is 261 g/mol. The molecule has 2 radical (unpaired) electrons. The lowest BCUT2D eigenvalue weighted by Crippen LogP contribution is -2.30. The average Bonchev–Trinajstić information content (AvgIpc) is 2.65. The third kappa shape index (κ3) is 2.16. The summed E-state index contributed by atoms with van der Waals surface area (Å²) < 4.78 is 7.42. The maximum absolute atomic E-state index is 12.0. The van der Waals surface area contributed by atoms with Gasteiger partial charge in [0.1, 0.15) is 7.57 Å². The molecule has 0 spiro atoms. The fourth-order valence-electron chi connectivity index (χ4n) is 1.78. The highest BCUT2D eigenvalue weighted by Crippen LogP contribution is 2.30. The van der Waals surface area contributed by atoms with Crippen LogP contribution < -0.4 is 10.6 Å². The molecule has 0 aromatic heterocycles. The van der Waals surface area contributed by atoms with Crippen LogP contribution in [0.2, 0.25) is 0 Å². The van der Waals surface area contributed by atoms with E-state index in [1.807, 2.05) is 0 Å². The van der Waals surface area contributed by atoms with E-state index < -0.39 is 25.9 Å². The third-order valence-corrected chi connectivity index (χ3v) is 3.48. The van der Waals surface area contributed by atoms with E-state index in [-0.39, 0.29) is 12.3 Å². The van der Waals surface area contributed by atoms with E-state index in [4.69, 9.17) is 14.6 Å². The zero-order valence-corrected chi connectivity index (χ0v) is 10.3. The van der Waals surface area contributed by atoms with Gasteiger partial charge in [-0.05, 0) is 24.3 Å². The quantitative estimate of drug-likeness (QED) is 0.478. The molecule has 90 valence electrons. The molecule has 1 aromatic carbocycles. The van der Waals surface area contributed by atoms with Crippen molar-refractivity contribution in [2.75, 3.05) is 4.90 Å². The molecule has 2 rings (SSSR count). The predicted octanol–water partition coefficient (Wildman–Crippen LogP) is 0.179. The highest BCUT2D eigenvalue weighted by molar-refractivity contribution is 7.67. The molecule has 0 aliphatic carbocycles. The minimum atomic E-state index is -1.74. The fraction of sp³-hybridized carbons (Fsp3) is 0.182. The number of anilines is 1. The first-order valence-electron chi connectivity index (χ1n) is 5.66. The minimum absolute atomic E-state index is 0.0396. The second kappa shape index (κ2) is 4.90. The number of benzene rings is 1. The number of nitrogens with zero attached hydrogens (tertiary/aromatic N) is 1. The van der Waals surface area contributed by atoms with Crippen LogP contribution in [0.15, 0.2) is 24.3 Å². The van der Waals surface area contributed by atoms with Crippen LogP contribution >= 0.6 is 8.40 Å². The Labute approximate surface area is 108 Å². The Bertz CT molecular complexity index is 549. The predicted molar refractivity (Wildman–Crippen MR) is 69.9 cm³/mol. The van der Waals surface area contributed by atoms with Crippen molar-refractivity contribution in [1.29, 1.82) is 1.28 Å². The van der Waals surface area contributed by atoms with Crippen molar-refractivity contribution in [3.63, 3.8) is 0 Å². The molecule has 1 aliphatic rings. The van der Waals surface area contributed by atoms with Crippen LogP contribution in [-0.4, -0.2) is 32.2 Å². The van der Waals surface area contributed by atoms with Gasteiger partial charge in [0.2, 0.25) is 17.7 Å². The lowest BCUT2D eigenvalue weighted by Gasteiger charge is -2.14. The van der Waals surface area contributed by atoms with Gasteiger partial charge in [0, 0.05) is 13.3 Å². The highest BCUT2D eigenvalue weighted by atomic mass is 31.1. The largest absolute Gasteiger partial charge is 0.366 e. The SMILES string of the molecule is [2H]P([B])C1CC(=O)N(c2ccc(C(N)=O)cc2)C1=O. The summed E-state index contributed by atoms with van der Waals surface area (Å²) in [5.74, 6) is -1.42. The van der Waals surface area contributed by atoms with E-state index in [1.165, 1.54) is 24.3 Å². The molecular weight excluding hydrogens is 250 g/mol. The van der Waals surface area contributed by atoms with E-state index in [1.54, 1.807) is 0 Å². The van der Waals surface area contributed by atoms with Crippen molar-refractivity contribution in [2.45, 2.75) is 12.1 Å². The van der Waals surface area contributed by atoms with Crippen LogP contribution in [0.5, 0.6) is 0 Å². The standard InChI is InChI=1S/C11H10BN2O3P/c12-18-8-5-9(15)14(11(8)17)7-3-1-6(2-4-7)10(13)16/h1-4,8,18H,5H2,(H2,13,16)/i18D. The number of primary amides is 1. The lowest BCUT2D eigenvalue weighted by atomic mass is 10.2. The molecule has 7 heteroatoms. The zero-order chi connectivity index (χ0) is 14.2. The third-order valence-electron chi connectivity index (χ3n) is 2.71. The summed E-state index contributed by atoms with van der Waals surface area (Å²) in [6, 6.07) is 5.83. The van der Waals surface area contributed by atoms with Crippen molar-refractivity contribution in [1.82, 2.24) is 0 Å². The van der Waals surface area contributed by atoms with Crippen LogP contribution in [-0.2, 0) is 9.59 Å². The Morgan fingerprint density at radius 2 is 2.06 bits per heavy atom. The van der Waals surface area contributed by atoms with E-state index in [0.29, 0.717) is 11.3 Å². The molecule has 1 saturated heterocycles. The summed E-state index contributed by atoms with van der Waals surface area (Å²) >= 11 is 0. The second-order valence-corrected chi connectivity index (χ2v) is 4.77.